The summed E-state index contributed by atoms with van der Waals surface area (Å²) in [6.07, 6.45) is 18.0. The Hall–Kier alpha value is -1.80. The number of rotatable bonds is 24. The van der Waals surface area contributed by atoms with Crippen molar-refractivity contribution in [2.24, 2.45) is 17.3 Å². The van der Waals surface area contributed by atoms with Crippen LogP contribution in [0.5, 0.6) is 0 Å². The molecule has 4 saturated heterocycles. The van der Waals surface area contributed by atoms with Gasteiger partial charge in [-0.15, -0.1) is 0 Å². The van der Waals surface area contributed by atoms with Gasteiger partial charge < -0.3 is 33.2 Å². The molecule has 324 valence electrons. The van der Waals surface area contributed by atoms with E-state index in [0.29, 0.717) is 39.1 Å². The van der Waals surface area contributed by atoms with Crippen molar-refractivity contribution < 1.29 is 52.3 Å². The first-order valence-electron chi connectivity index (χ1n) is 22.8. The van der Waals surface area contributed by atoms with E-state index in [-0.39, 0.29) is 72.3 Å². The summed E-state index contributed by atoms with van der Waals surface area (Å²) in [4.78, 5) is 50.4. The molecular weight excluding hydrogens is 781 g/mol. The van der Waals surface area contributed by atoms with Gasteiger partial charge in [0.15, 0.2) is 11.7 Å². The van der Waals surface area contributed by atoms with Gasteiger partial charge >= 0.3 is 23.9 Å². The molecule has 8 rings (SSSR count). The summed E-state index contributed by atoms with van der Waals surface area (Å²) in [7, 11) is 3.98. The van der Waals surface area contributed by atoms with Crippen LogP contribution < -0.4 is 0 Å². The van der Waals surface area contributed by atoms with Gasteiger partial charge in [0.2, 0.25) is 0 Å². The van der Waals surface area contributed by atoms with E-state index in [1.165, 1.54) is 50.7 Å². The van der Waals surface area contributed by atoms with Crippen molar-refractivity contribution in [3.63, 3.8) is 0 Å². The zero-order valence-corrected chi connectivity index (χ0v) is 36.7. The topological polar surface area (TPSA) is 143 Å². The van der Waals surface area contributed by atoms with Crippen molar-refractivity contribution in [2.45, 2.75) is 202 Å². The molecule has 5 aliphatic heterocycles. The van der Waals surface area contributed by atoms with E-state index >= 15 is 0 Å². The minimum absolute atomic E-state index is 0.0370. The maximum absolute atomic E-state index is 13.5. The van der Waals surface area contributed by atoms with E-state index < -0.39 is 22.9 Å². The number of hydrogen-bond acceptors (Lipinski definition) is 13. The van der Waals surface area contributed by atoms with Crippen LogP contribution >= 0.6 is 21.6 Å². The Balaban J connectivity index is 0.663. The van der Waals surface area contributed by atoms with Gasteiger partial charge in [-0.3, -0.25) is 14.4 Å². The van der Waals surface area contributed by atoms with Crippen LogP contribution in [0.4, 0.5) is 0 Å². The Morgan fingerprint density at radius 2 is 1.45 bits per heavy atom. The number of fused-ring (bicyclic) bond motifs is 4. The molecule has 0 aromatic heterocycles. The smallest absolute Gasteiger partial charge is 0.334 e. The predicted molar refractivity (Wildman–Crippen MR) is 220 cm³/mol. The van der Waals surface area contributed by atoms with Gasteiger partial charge in [0.05, 0.1) is 19.3 Å². The second kappa shape index (κ2) is 17.9. The van der Waals surface area contributed by atoms with Crippen molar-refractivity contribution >= 4 is 45.5 Å². The molecule has 0 radical (unpaired) electrons. The van der Waals surface area contributed by atoms with Crippen molar-refractivity contribution in [1.82, 2.24) is 0 Å². The van der Waals surface area contributed by atoms with Gasteiger partial charge in [0.25, 0.3) is 0 Å². The largest absolute Gasteiger partial charge is 0.466 e. The number of carbonyl (C=O) groups excluding carboxylic acids is 4. The summed E-state index contributed by atoms with van der Waals surface area (Å²) >= 11 is 0. The highest BCUT2D eigenvalue weighted by molar-refractivity contribution is 8.77. The van der Waals surface area contributed by atoms with Gasteiger partial charge in [0, 0.05) is 41.3 Å². The molecule has 2 spiro atoms. The average Bonchev–Trinajstić information content (AvgIpc) is 4.15. The molecule has 10 atom stereocenters. The summed E-state index contributed by atoms with van der Waals surface area (Å²) in [5.41, 5.74) is -0.443. The normalized spacial score (nSPS) is 37.1. The second-order valence-corrected chi connectivity index (χ2v) is 21.6. The Labute approximate surface area is 352 Å². The first-order valence-corrected chi connectivity index (χ1v) is 25.2. The lowest BCUT2D eigenvalue weighted by atomic mass is 9.46. The van der Waals surface area contributed by atoms with E-state index in [2.05, 4.69) is 20.8 Å². The minimum atomic E-state index is -0.776. The molecule has 58 heavy (non-hydrogen) atoms. The summed E-state index contributed by atoms with van der Waals surface area (Å²) in [5.74, 6) is 0.614. The Bertz CT molecular complexity index is 1580. The highest BCUT2D eigenvalue weighted by atomic mass is 33.1. The maximum Gasteiger partial charge on any atom is 0.334 e. The van der Waals surface area contributed by atoms with Gasteiger partial charge in [-0.05, 0) is 75.2 Å². The minimum Gasteiger partial charge on any atom is -0.466 e. The van der Waals surface area contributed by atoms with Gasteiger partial charge in [-0.2, -0.15) is 0 Å². The summed E-state index contributed by atoms with van der Waals surface area (Å²) in [6.45, 7) is 7.79. The van der Waals surface area contributed by atoms with Crippen LogP contribution in [-0.2, 0) is 52.3 Å². The lowest BCUT2D eigenvalue weighted by molar-refractivity contribution is -0.169. The molecular formula is C45H66O11S2. The van der Waals surface area contributed by atoms with Gasteiger partial charge in [-0.1, -0.05) is 100 Å². The quantitative estimate of drug-likeness (QED) is 0.0301. The molecule has 8 aliphatic rings. The number of cyclic esters (lactones) is 1. The van der Waals surface area contributed by atoms with Crippen LogP contribution in [0.15, 0.2) is 11.1 Å². The lowest BCUT2D eigenvalue weighted by Gasteiger charge is -2.53. The average molecular weight is 847 g/mol. The molecule has 0 amide bonds. The van der Waals surface area contributed by atoms with Crippen LogP contribution in [-0.4, -0.2) is 95.9 Å². The summed E-state index contributed by atoms with van der Waals surface area (Å²) in [5, 5.41) is 0.784. The molecule has 10 unspecified atom stereocenters. The monoisotopic (exact) mass is 846 g/mol. The predicted octanol–water partition coefficient (Wildman–Crippen LogP) is 8.53. The third kappa shape index (κ3) is 7.92. The number of epoxide rings is 3. The van der Waals surface area contributed by atoms with Gasteiger partial charge in [-0.25, -0.2) is 4.79 Å². The zero-order chi connectivity index (χ0) is 40.5. The fraction of sp³-hybridized carbons (Fsp3) is 0.867. The maximum atomic E-state index is 13.5. The second-order valence-electron chi connectivity index (χ2n) is 18.8. The molecule has 13 heteroatoms. The lowest BCUT2D eigenvalue weighted by Crippen LogP contribution is -2.70. The summed E-state index contributed by atoms with van der Waals surface area (Å²) < 4.78 is 42.8. The van der Waals surface area contributed by atoms with E-state index in [1.54, 1.807) is 0 Å². The van der Waals surface area contributed by atoms with E-state index in [1.807, 2.05) is 21.6 Å². The highest BCUT2D eigenvalue weighted by Crippen LogP contribution is 2.83. The van der Waals surface area contributed by atoms with Gasteiger partial charge in [0.1, 0.15) is 30.0 Å². The molecule has 2 saturated carbocycles. The molecule has 0 aromatic carbocycles. The molecule has 6 fully saturated rings. The number of ether oxygens (including phenoxy) is 7. The molecule has 0 bridgehead atoms. The number of esters is 4. The highest BCUT2D eigenvalue weighted by Gasteiger charge is 3.01. The third-order valence-corrected chi connectivity index (χ3v) is 18.0. The van der Waals surface area contributed by atoms with Crippen molar-refractivity contribution in [2.75, 3.05) is 25.6 Å². The Morgan fingerprint density at radius 1 is 0.793 bits per heavy atom. The van der Waals surface area contributed by atoms with Crippen LogP contribution in [0.25, 0.3) is 0 Å². The van der Waals surface area contributed by atoms with E-state index in [9.17, 15) is 19.2 Å². The van der Waals surface area contributed by atoms with Crippen molar-refractivity contribution in [3.05, 3.63) is 11.1 Å². The summed E-state index contributed by atoms with van der Waals surface area (Å²) in [6, 6.07) is 0. The Kier molecular flexibility index (Phi) is 13.2. The molecule has 3 aliphatic carbocycles. The molecule has 11 nitrogen and oxygen atoms in total. The zero-order valence-electron chi connectivity index (χ0n) is 35.0. The van der Waals surface area contributed by atoms with Crippen LogP contribution in [0.2, 0.25) is 0 Å². The number of carbonyl (C=O) groups is 4. The molecule has 0 aromatic rings. The first-order chi connectivity index (χ1) is 28.1. The van der Waals surface area contributed by atoms with Crippen LogP contribution in [0.3, 0.4) is 0 Å². The number of hydrogen-bond donors (Lipinski definition) is 0. The SMILES string of the molecule is CC(C)C12OC1C1OC13C1(C)CCC4=C(COC4=O)C1CC1OC13C2OC(=O)CCCC(=O)OCCCCCCCCCCCCOC(=O)CCCCC1CCSS1. The molecule has 0 N–H and O–H groups in total. The first kappa shape index (κ1) is 42.9. The third-order valence-electron chi connectivity index (χ3n) is 15.0. The van der Waals surface area contributed by atoms with Crippen LogP contribution in [0.1, 0.15) is 156 Å². The van der Waals surface area contributed by atoms with Crippen molar-refractivity contribution in [1.29, 1.82) is 0 Å². The van der Waals surface area contributed by atoms with E-state index in [0.717, 1.165) is 74.2 Å². The fourth-order valence-electron chi connectivity index (χ4n) is 11.8. The van der Waals surface area contributed by atoms with Crippen molar-refractivity contribution in [3.8, 4) is 0 Å². The molecule has 5 heterocycles. The standard InChI is InChI=1S/C45H66O11S2/c1-29(2)43-38(55-43)39-45(56-39)42(3)23-21-31-32(28-52-40(31)49)33(42)27-34-44(45,54-34)41(43)53-37(48)20-16-19-36(47)51-25-15-11-9-7-5-4-6-8-10-14-24-50-35(46)18-13-12-17-30-22-26-57-58-30/h29-30,33-34,38-39,41H,4-28H2,1-3H3. The van der Waals surface area contributed by atoms with E-state index in [4.69, 9.17) is 33.2 Å². The van der Waals surface area contributed by atoms with Crippen LogP contribution in [0, 0.1) is 17.3 Å². The Morgan fingerprint density at radius 3 is 2.10 bits per heavy atom. The fourth-order valence-corrected chi connectivity index (χ4v) is 14.8. The number of unbranched alkanes of at least 4 members (excludes halogenated alkanes) is 10.